The van der Waals surface area contributed by atoms with Crippen molar-refractivity contribution in [3.8, 4) is 0 Å². The van der Waals surface area contributed by atoms with E-state index in [-0.39, 0.29) is 42.5 Å². The third-order valence-electron chi connectivity index (χ3n) is 4.70. The molecule has 1 aromatic heterocycles. The molecular weight excluding hydrogens is 356 g/mol. The zero-order valence-corrected chi connectivity index (χ0v) is 16.8. The maximum atomic E-state index is 13.1. The summed E-state index contributed by atoms with van der Waals surface area (Å²) in [5.74, 6) is -0.258. The van der Waals surface area contributed by atoms with Crippen LogP contribution in [-0.4, -0.2) is 28.7 Å². The highest BCUT2D eigenvalue weighted by molar-refractivity contribution is 6.23. The van der Waals surface area contributed by atoms with Crippen molar-refractivity contribution < 1.29 is 18.8 Å². The summed E-state index contributed by atoms with van der Waals surface area (Å²) in [4.78, 5) is 41.4. The largest absolute Gasteiger partial charge is 0.467 e. The van der Waals surface area contributed by atoms with E-state index in [0.717, 1.165) is 5.56 Å². The summed E-state index contributed by atoms with van der Waals surface area (Å²) in [6.45, 7) is 8.01. The molecule has 1 saturated heterocycles. The molecule has 0 bridgehead atoms. The number of amides is 3. The Balaban J connectivity index is 1.88. The number of hydrogen-bond donors (Lipinski definition) is 0. The zero-order valence-electron chi connectivity index (χ0n) is 16.8. The Kier molecular flexibility index (Phi) is 5.40. The highest BCUT2D eigenvalue weighted by atomic mass is 16.3. The number of carbonyl (C=O) groups is 3. The molecule has 2 heterocycles. The van der Waals surface area contributed by atoms with Crippen LogP contribution in [0.4, 0.5) is 5.69 Å². The van der Waals surface area contributed by atoms with E-state index in [4.69, 9.17) is 4.42 Å². The van der Waals surface area contributed by atoms with Crippen LogP contribution in [-0.2, 0) is 20.9 Å². The number of nitrogens with zero attached hydrogens (tertiary/aromatic N) is 2. The molecule has 1 aliphatic heterocycles. The van der Waals surface area contributed by atoms with E-state index in [0.29, 0.717) is 11.4 Å². The number of carbonyl (C=O) groups excluding carboxylic acids is 3. The van der Waals surface area contributed by atoms with Gasteiger partial charge in [-0.05, 0) is 36.6 Å². The molecule has 1 fully saturated rings. The molecule has 2 aromatic rings. The van der Waals surface area contributed by atoms with E-state index in [9.17, 15) is 14.4 Å². The van der Waals surface area contributed by atoms with Crippen LogP contribution < -0.4 is 4.90 Å². The molecule has 6 heteroatoms. The molecule has 3 rings (SSSR count). The van der Waals surface area contributed by atoms with E-state index in [1.165, 1.54) is 16.1 Å². The van der Waals surface area contributed by atoms with Gasteiger partial charge < -0.3 is 9.32 Å². The first-order chi connectivity index (χ1) is 13.2. The van der Waals surface area contributed by atoms with Crippen LogP contribution in [0.25, 0.3) is 0 Å². The van der Waals surface area contributed by atoms with Crippen LogP contribution in [0.3, 0.4) is 0 Å². The summed E-state index contributed by atoms with van der Waals surface area (Å²) >= 11 is 0. The Hall–Kier alpha value is -2.89. The third-order valence-corrected chi connectivity index (χ3v) is 4.70. The Bertz CT molecular complexity index is 863. The molecule has 148 valence electrons. The third kappa shape index (κ3) is 4.32. The number of imide groups is 1. The minimum Gasteiger partial charge on any atom is -0.467 e. The topological polar surface area (TPSA) is 70.8 Å². The van der Waals surface area contributed by atoms with Gasteiger partial charge in [-0.25, -0.2) is 4.90 Å². The Labute approximate surface area is 165 Å². The molecule has 0 radical (unpaired) electrons. The summed E-state index contributed by atoms with van der Waals surface area (Å²) in [6.07, 6.45) is 1.78. The maximum absolute atomic E-state index is 13.1. The van der Waals surface area contributed by atoms with E-state index >= 15 is 0 Å². The lowest BCUT2D eigenvalue weighted by molar-refractivity contribution is -0.140. The molecule has 6 nitrogen and oxygen atoms in total. The van der Waals surface area contributed by atoms with Crippen LogP contribution in [0.15, 0.2) is 47.1 Å². The van der Waals surface area contributed by atoms with E-state index < -0.39 is 6.04 Å². The standard InChI is InChI=1S/C22H26N2O4/c1-15-7-9-16(10-8-15)24-19(25)12-18(21(24)27)23(14-17-6-5-11-28-17)20(26)13-22(2,3)4/h5-11,18H,12-14H2,1-4H3. The fraction of sp³-hybridized carbons (Fsp3) is 0.409. The number of rotatable bonds is 5. The minimum atomic E-state index is -0.825. The molecule has 0 N–H and O–H groups in total. The van der Waals surface area contributed by atoms with Gasteiger partial charge in [0, 0.05) is 6.42 Å². The lowest BCUT2D eigenvalue weighted by Crippen LogP contribution is -2.45. The van der Waals surface area contributed by atoms with Gasteiger partial charge in [0.15, 0.2) is 0 Å². The molecule has 3 amide bonds. The Morgan fingerprint density at radius 3 is 2.43 bits per heavy atom. The highest BCUT2D eigenvalue weighted by Gasteiger charge is 2.44. The van der Waals surface area contributed by atoms with E-state index in [1.54, 1.807) is 24.3 Å². The van der Waals surface area contributed by atoms with Gasteiger partial charge in [-0.1, -0.05) is 38.5 Å². The van der Waals surface area contributed by atoms with Gasteiger partial charge in [0.2, 0.25) is 11.8 Å². The molecule has 1 atom stereocenters. The summed E-state index contributed by atoms with van der Waals surface area (Å²) in [6, 6.07) is 9.89. The number of furan rings is 1. The summed E-state index contributed by atoms with van der Waals surface area (Å²) < 4.78 is 5.39. The average molecular weight is 382 g/mol. The molecule has 1 aromatic carbocycles. The Morgan fingerprint density at radius 1 is 1.18 bits per heavy atom. The quantitative estimate of drug-likeness (QED) is 0.740. The molecular formula is C22H26N2O4. The van der Waals surface area contributed by atoms with Gasteiger partial charge in [-0.3, -0.25) is 14.4 Å². The molecule has 1 aliphatic rings. The normalized spacial score (nSPS) is 17.3. The van der Waals surface area contributed by atoms with Crippen molar-refractivity contribution in [1.82, 2.24) is 4.90 Å². The number of anilines is 1. The SMILES string of the molecule is Cc1ccc(N2C(=O)CC(N(Cc3ccco3)C(=O)CC(C)(C)C)C2=O)cc1. The first-order valence-electron chi connectivity index (χ1n) is 9.41. The predicted molar refractivity (Wildman–Crippen MR) is 105 cm³/mol. The molecule has 0 saturated carbocycles. The van der Waals surface area contributed by atoms with E-state index in [1.807, 2.05) is 39.8 Å². The zero-order chi connectivity index (χ0) is 20.5. The van der Waals surface area contributed by atoms with Crippen LogP contribution in [0, 0.1) is 12.3 Å². The number of benzene rings is 1. The second kappa shape index (κ2) is 7.62. The fourth-order valence-corrected chi connectivity index (χ4v) is 3.32. The van der Waals surface area contributed by atoms with Crippen molar-refractivity contribution in [3.63, 3.8) is 0 Å². The van der Waals surface area contributed by atoms with Crippen LogP contribution >= 0.6 is 0 Å². The Morgan fingerprint density at radius 2 is 1.86 bits per heavy atom. The first-order valence-corrected chi connectivity index (χ1v) is 9.41. The fourth-order valence-electron chi connectivity index (χ4n) is 3.32. The van der Waals surface area contributed by atoms with Crippen molar-refractivity contribution in [1.29, 1.82) is 0 Å². The van der Waals surface area contributed by atoms with Crippen molar-refractivity contribution in [2.75, 3.05) is 4.90 Å². The predicted octanol–water partition coefficient (Wildman–Crippen LogP) is 3.68. The smallest absolute Gasteiger partial charge is 0.257 e. The van der Waals surface area contributed by atoms with Crippen LogP contribution in [0.2, 0.25) is 0 Å². The highest BCUT2D eigenvalue weighted by Crippen LogP contribution is 2.29. The van der Waals surface area contributed by atoms with Gasteiger partial charge >= 0.3 is 0 Å². The van der Waals surface area contributed by atoms with Crippen molar-refractivity contribution in [2.24, 2.45) is 5.41 Å². The van der Waals surface area contributed by atoms with Crippen molar-refractivity contribution in [2.45, 2.75) is 53.1 Å². The van der Waals surface area contributed by atoms with Crippen molar-refractivity contribution in [3.05, 3.63) is 54.0 Å². The summed E-state index contributed by atoms with van der Waals surface area (Å²) in [5.41, 5.74) is 1.34. The summed E-state index contributed by atoms with van der Waals surface area (Å²) in [5, 5.41) is 0. The van der Waals surface area contributed by atoms with Crippen LogP contribution in [0.1, 0.15) is 44.9 Å². The number of aryl methyl sites for hydroxylation is 1. The van der Waals surface area contributed by atoms with Gasteiger partial charge in [0.25, 0.3) is 5.91 Å². The molecule has 1 unspecified atom stereocenters. The molecule has 28 heavy (non-hydrogen) atoms. The average Bonchev–Trinajstić information content (AvgIpc) is 3.20. The second-order valence-electron chi connectivity index (χ2n) is 8.46. The monoisotopic (exact) mass is 382 g/mol. The lowest BCUT2D eigenvalue weighted by atomic mass is 9.91. The second-order valence-corrected chi connectivity index (χ2v) is 8.46. The van der Waals surface area contributed by atoms with Gasteiger partial charge in [0.05, 0.1) is 24.9 Å². The first kappa shape index (κ1) is 19.9. The lowest BCUT2D eigenvalue weighted by Gasteiger charge is -2.29. The number of hydrogen-bond acceptors (Lipinski definition) is 4. The minimum absolute atomic E-state index is 0.0245. The molecule has 0 aliphatic carbocycles. The van der Waals surface area contributed by atoms with Gasteiger partial charge in [0.1, 0.15) is 11.8 Å². The maximum Gasteiger partial charge on any atom is 0.257 e. The molecule has 0 spiro atoms. The van der Waals surface area contributed by atoms with Gasteiger partial charge in [-0.2, -0.15) is 0 Å². The summed E-state index contributed by atoms with van der Waals surface area (Å²) in [7, 11) is 0. The van der Waals surface area contributed by atoms with E-state index in [2.05, 4.69) is 0 Å². The van der Waals surface area contributed by atoms with Crippen LogP contribution in [0.5, 0.6) is 0 Å². The van der Waals surface area contributed by atoms with Gasteiger partial charge in [-0.15, -0.1) is 0 Å². The van der Waals surface area contributed by atoms with Crippen molar-refractivity contribution >= 4 is 23.4 Å².